The van der Waals surface area contributed by atoms with Crippen LogP contribution in [0.15, 0.2) is 18.9 Å². The zero-order valence-electron chi connectivity index (χ0n) is 8.90. The summed E-state index contributed by atoms with van der Waals surface area (Å²) in [5.74, 6) is -0.155. The highest BCUT2D eigenvalue weighted by atomic mass is 32.1. The van der Waals surface area contributed by atoms with Gasteiger partial charge in [-0.3, -0.25) is 4.79 Å². The molecule has 0 spiro atoms. The molecule has 0 unspecified atom stereocenters. The highest BCUT2D eigenvalue weighted by molar-refractivity contribution is 7.17. The molecular weight excluding hydrogens is 226 g/mol. The molecule has 0 aliphatic heterocycles. The smallest absolute Gasteiger partial charge is 0.263 e. The minimum absolute atomic E-state index is 0.0785. The molecule has 88 valence electrons. The van der Waals surface area contributed by atoms with Crippen molar-refractivity contribution in [3.8, 4) is 0 Å². The first kappa shape index (κ1) is 12.7. The molecular formula is C10H15N3O2S. The second kappa shape index (κ2) is 6.97. The van der Waals surface area contributed by atoms with E-state index in [-0.39, 0.29) is 12.5 Å². The van der Waals surface area contributed by atoms with E-state index in [0.29, 0.717) is 29.5 Å². The molecule has 1 aromatic heterocycles. The van der Waals surface area contributed by atoms with Crippen molar-refractivity contribution in [2.75, 3.05) is 25.0 Å². The van der Waals surface area contributed by atoms with E-state index in [1.165, 1.54) is 17.5 Å². The largest absolute Gasteiger partial charge is 0.396 e. The molecule has 0 fully saturated rings. The number of nitrogens with one attached hydrogen (secondary N) is 2. The minimum atomic E-state index is -0.155. The number of hydrogen-bond donors (Lipinski definition) is 3. The van der Waals surface area contributed by atoms with E-state index in [1.54, 1.807) is 6.08 Å². The van der Waals surface area contributed by atoms with Crippen molar-refractivity contribution < 1.29 is 9.90 Å². The van der Waals surface area contributed by atoms with Crippen molar-refractivity contribution in [3.05, 3.63) is 23.7 Å². The van der Waals surface area contributed by atoms with Gasteiger partial charge in [0, 0.05) is 19.7 Å². The van der Waals surface area contributed by atoms with Gasteiger partial charge in [0.1, 0.15) is 4.88 Å². The van der Waals surface area contributed by atoms with E-state index in [0.717, 1.165) is 0 Å². The fraction of sp³-hybridized carbons (Fsp3) is 0.400. The number of amides is 1. The lowest BCUT2D eigenvalue weighted by molar-refractivity contribution is 0.0955. The Morgan fingerprint density at radius 1 is 1.69 bits per heavy atom. The Morgan fingerprint density at radius 2 is 2.50 bits per heavy atom. The van der Waals surface area contributed by atoms with Crippen molar-refractivity contribution in [2.45, 2.75) is 6.42 Å². The third-order valence-electron chi connectivity index (χ3n) is 1.75. The third kappa shape index (κ3) is 4.00. The molecule has 0 saturated heterocycles. The van der Waals surface area contributed by atoms with Gasteiger partial charge in [-0.1, -0.05) is 17.4 Å². The number of hydrogen-bond acceptors (Lipinski definition) is 5. The number of thiazole rings is 1. The Balaban J connectivity index is 2.43. The normalized spacial score (nSPS) is 9.81. The summed E-state index contributed by atoms with van der Waals surface area (Å²) in [5.41, 5.74) is 0. The Labute approximate surface area is 98.2 Å². The predicted octanol–water partition coefficient (Wildman–Crippen LogP) is 0.853. The Morgan fingerprint density at radius 3 is 3.19 bits per heavy atom. The van der Waals surface area contributed by atoms with E-state index in [9.17, 15) is 4.79 Å². The summed E-state index contributed by atoms with van der Waals surface area (Å²) in [6.45, 7) is 4.76. The SMILES string of the molecule is C=CCNc1ncc(C(=O)NCCCO)s1. The van der Waals surface area contributed by atoms with Crippen LogP contribution in [0, 0.1) is 0 Å². The van der Waals surface area contributed by atoms with Crippen LogP contribution in [0.4, 0.5) is 5.13 Å². The molecule has 0 radical (unpaired) electrons. The van der Waals surface area contributed by atoms with E-state index < -0.39 is 0 Å². The fourth-order valence-corrected chi connectivity index (χ4v) is 1.73. The summed E-state index contributed by atoms with van der Waals surface area (Å²) in [6, 6.07) is 0. The molecule has 16 heavy (non-hydrogen) atoms. The first-order valence-corrected chi connectivity index (χ1v) is 5.79. The van der Waals surface area contributed by atoms with Crippen LogP contribution < -0.4 is 10.6 Å². The van der Waals surface area contributed by atoms with Crippen molar-refractivity contribution in [1.29, 1.82) is 0 Å². The maximum Gasteiger partial charge on any atom is 0.263 e. The lowest BCUT2D eigenvalue weighted by Gasteiger charge is -2.00. The van der Waals surface area contributed by atoms with Gasteiger partial charge in [0.15, 0.2) is 5.13 Å². The number of aromatic nitrogens is 1. The van der Waals surface area contributed by atoms with Gasteiger partial charge in [0.05, 0.1) is 6.20 Å². The van der Waals surface area contributed by atoms with Crippen LogP contribution in [0.5, 0.6) is 0 Å². The van der Waals surface area contributed by atoms with E-state index in [1.807, 2.05) is 0 Å². The molecule has 0 aliphatic rings. The zero-order chi connectivity index (χ0) is 11.8. The lowest BCUT2D eigenvalue weighted by atomic mass is 10.4. The number of aliphatic hydroxyl groups excluding tert-OH is 1. The van der Waals surface area contributed by atoms with E-state index >= 15 is 0 Å². The summed E-state index contributed by atoms with van der Waals surface area (Å²) in [4.78, 5) is 16.1. The predicted molar refractivity (Wildman–Crippen MR) is 64.8 cm³/mol. The van der Waals surface area contributed by atoms with Gasteiger partial charge in [0.25, 0.3) is 5.91 Å². The highest BCUT2D eigenvalue weighted by Gasteiger charge is 2.09. The van der Waals surface area contributed by atoms with Crippen LogP contribution in [0.2, 0.25) is 0 Å². The molecule has 0 aliphatic carbocycles. The quantitative estimate of drug-likeness (QED) is 0.489. The lowest BCUT2D eigenvalue weighted by Crippen LogP contribution is -2.24. The van der Waals surface area contributed by atoms with Crippen LogP contribution in [0.1, 0.15) is 16.1 Å². The second-order valence-corrected chi connectivity index (χ2v) is 4.06. The van der Waals surface area contributed by atoms with Crippen LogP contribution >= 0.6 is 11.3 Å². The summed E-state index contributed by atoms with van der Waals surface area (Å²) in [6.07, 6.45) is 3.82. The molecule has 0 aromatic carbocycles. The molecule has 0 saturated carbocycles. The maximum atomic E-state index is 11.5. The minimum Gasteiger partial charge on any atom is -0.396 e. The number of anilines is 1. The van der Waals surface area contributed by atoms with Crippen molar-refractivity contribution in [1.82, 2.24) is 10.3 Å². The second-order valence-electron chi connectivity index (χ2n) is 3.03. The molecule has 1 amide bonds. The highest BCUT2D eigenvalue weighted by Crippen LogP contribution is 2.17. The van der Waals surface area contributed by atoms with Crippen molar-refractivity contribution >= 4 is 22.4 Å². The van der Waals surface area contributed by atoms with Crippen LogP contribution in [-0.2, 0) is 0 Å². The molecule has 6 heteroatoms. The zero-order valence-corrected chi connectivity index (χ0v) is 9.72. The average molecular weight is 241 g/mol. The van der Waals surface area contributed by atoms with Gasteiger partial charge >= 0.3 is 0 Å². The Bertz CT molecular complexity index is 352. The van der Waals surface area contributed by atoms with E-state index in [2.05, 4.69) is 22.2 Å². The molecule has 5 nitrogen and oxygen atoms in total. The molecule has 1 heterocycles. The number of nitrogens with zero attached hydrogens (tertiary/aromatic N) is 1. The van der Waals surface area contributed by atoms with Gasteiger partial charge in [0.2, 0.25) is 0 Å². The molecule has 3 N–H and O–H groups in total. The monoisotopic (exact) mass is 241 g/mol. The topological polar surface area (TPSA) is 74.2 Å². The Kier molecular flexibility index (Phi) is 5.52. The van der Waals surface area contributed by atoms with Crippen LogP contribution in [-0.4, -0.2) is 35.7 Å². The third-order valence-corrected chi connectivity index (χ3v) is 2.70. The van der Waals surface area contributed by atoms with Crippen molar-refractivity contribution in [3.63, 3.8) is 0 Å². The van der Waals surface area contributed by atoms with Gasteiger partial charge in [-0.2, -0.15) is 0 Å². The first-order chi connectivity index (χ1) is 7.77. The van der Waals surface area contributed by atoms with E-state index in [4.69, 9.17) is 5.11 Å². The molecule has 1 rings (SSSR count). The van der Waals surface area contributed by atoms with Crippen LogP contribution in [0.3, 0.4) is 0 Å². The van der Waals surface area contributed by atoms with Gasteiger partial charge < -0.3 is 15.7 Å². The molecule has 1 aromatic rings. The number of carbonyl (C=O) groups excluding carboxylic acids is 1. The standard InChI is InChI=1S/C10H15N3O2S/c1-2-4-12-10-13-7-8(16-10)9(15)11-5-3-6-14/h2,7,14H,1,3-6H2,(H,11,15)(H,12,13). The molecule has 0 bridgehead atoms. The van der Waals surface area contributed by atoms with Crippen LogP contribution in [0.25, 0.3) is 0 Å². The maximum absolute atomic E-state index is 11.5. The van der Waals surface area contributed by atoms with Gasteiger partial charge in [-0.15, -0.1) is 6.58 Å². The summed E-state index contributed by atoms with van der Waals surface area (Å²) in [5, 5.41) is 15.0. The average Bonchev–Trinajstić information content (AvgIpc) is 2.75. The van der Waals surface area contributed by atoms with Gasteiger partial charge in [-0.25, -0.2) is 4.98 Å². The summed E-state index contributed by atoms with van der Waals surface area (Å²) >= 11 is 1.29. The fourth-order valence-electron chi connectivity index (χ4n) is 0.988. The summed E-state index contributed by atoms with van der Waals surface area (Å²) in [7, 11) is 0. The van der Waals surface area contributed by atoms with Crippen molar-refractivity contribution in [2.24, 2.45) is 0 Å². The van der Waals surface area contributed by atoms with Gasteiger partial charge in [-0.05, 0) is 6.42 Å². The number of carbonyl (C=O) groups is 1. The number of aliphatic hydroxyl groups is 1. The summed E-state index contributed by atoms with van der Waals surface area (Å²) < 4.78 is 0. The number of rotatable bonds is 7. The first-order valence-electron chi connectivity index (χ1n) is 4.97. The Hall–Kier alpha value is -1.40. The molecule has 0 atom stereocenters.